The van der Waals surface area contributed by atoms with Crippen molar-refractivity contribution in [3.8, 4) is 5.88 Å². The fourth-order valence-corrected chi connectivity index (χ4v) is 2.95. The molecule has 1 aliphatic heterocycles. The number of nitrogens with one attached hydrogen (secondary N) is 1. The van der Waals surface area contributed by atoms with Crippen LogP contribution in [-0.2, 0) is 13.1 Å². The van der Waals surface area contributed by atoms with Gasteiger partial charge in [0.15, 0.2) is 6.61 Å². The third-order valence-corrected chi connectivity index (χ3v) is 4.19. The van der Waals surface area contributed by atoms with Crippen molar-refractivity contribution in [2.24, 2.45) is 0 Å². The van der Waals surface area contributed by atoms with E-state index >= 15 is 0 Å². The molecule has 0 spiro atoms. The molecular formula is C18H18F3N5O3. The second-order valence-corrected chi connectivity index (χ2v) is 6.43. The Morgan fingerprint density at radius 3 is 2.76 bits per heavy atom. The van der Waals surface area contributed by atoms with Gasteiger partial charge in [0.05, 0.1) is 12.2 Å². The molecule has 1 aliphatic rings. The van der Waals surface area contributed by atoms with Gasteiger partial charge in [-0.2, -0.15) is 13.2 Å². The molecule has 2 aromatic rings. The summed E-state index contributed by atoms with van der Waals surface area (Å²) in [6, 6.07) is 3.06. The number of carbonyl (C=O) groups excluding carboxylic acids is 2. The van der Waals surface area contributed by atoms with Crippen LogP contribution in [0.4, 0.5) is 13.2 Å². The smallest absolute Gasteiger partial charge is 0.422 e. The molecular weight excluding hydrogens is 391 g/mol. The maximum absolute atomic E-state index is 12.7. The van der Waals surface area contributed by atoms with E-state index in [1.165, 1.54) is 17.2 Å². The molecule has 154 valence electrons. The van der Waals surface area contributed by atoms with Crippen molar-refractivity contribution in [3.63, 3.8) is 0 Å². The number of hydrogen-bond acceptors (Lipinski definition) is 6. The minimum atomic E-state index is -4.48. The minimum absolute atomic E-state index is 0.0791. The molecule has 0 aromatic carbocycles. The molecule has 0 radical (unpaired) electrons. The van der Waals surface area contributed by atoms with Crippen LogP contribution in [0.25, 0.3) is 0 Å². The van der Waals surface area contributed by atoms with E-state index in [9.17, 15) is 22.8 Å². The summed E-state index contributed by atoms with van der Waals surface area (Å²) in [5.41, 5.74) is 1.86. The zero-order valence-electron chi connectivity index (χ0n) is 15.7. The maximum Gasteiger partial charge on any atom is 0.422 e. The molecule has 0 bridgehead atoms. The number of amides is 2. The lowest BCUT2D eigenvalue weighted by Gasteiger charge is -2.16. The van der Waals surface area contributed by atoms with Crippen LogP contribution in [0.1, 0.15) is 44.6 Å². The Morgan fingerprint density at radius 2 is 2.10 bits per heavy atom. The first-order valence-electron chi connectivity index (χ1n) is 8.77. The Labute approximate surface area is 164 Å². The molecule has 2 amide bonds. The van der Waals surface area contributed by atoms with Gasteiger partial charge in [-0.05, 0) is 26.0 Å². The summed E-state index contributed by atoms with van der Waals surface area (Å²) in [5, 5.41) is 10.2. The highest BCUT2D eigenvalue weighted by Crippen LogP contribution is 2.27. The Morgan fingerprint density at radius 1 is 1.34 bits per heavy atom. The number of pyridine rings is 1. The molecule has 1 N–H and O–H groups in total. The fourth-order valence-electron chi connectivity index (χ4n) is 2.95. The van der Waals surface area contributed by atoms with E-state index in [-0.39, 0.29) is 36.5 Å². The molecule has 0 saturated carbocycles. The van der Waals surface area contributed by atoms with Gasteiger partial charge in [-0.3, -0.25) is 14.6 Å². The van der Waals surface area contributed by atoms with Crippen LogP contribution in [0.3, 0.4) is 0 Å². The zero-order valence-corrected chi connectivity index (χ0v) is 15.7. The molecule has 2 aromatic heterocycles. The molecule has 0 fully saturated rings. The van der Waals surface area contributed by atoms with E-state index < -0.39 is 12.8 Å². The topological polar surface area (TPSA) is 97.3 Å². The predicted octanol–water partition coefficient (Wildman–Crippen LogP) is 2.03. The number of ether oxygens (including phenoxy) is 1. The summed E-state index contributed by atoms with van der Waals surface area (Å²) in [7, 11) is 0. The number of alkyl halides is 3. The Hall–Kier alpha value is -3.24. The van der Waals surface area contributed by atoms with Crippen molar-refractivity contribution >= 4 is 11.8 Å². The van der Waals surface area contributed by atoms with Crippen molar-refractivity contribution < 1.29 is 27.5 Å². The molecule has 0 unspecified atom stereocenters. The lowest BCUT2D eigenvalue weighted by molar-refractivity contribution is -0.154. The lowest BCUT2D eigenvalue weighted by atomic mass is 10.1. The van der Waals surface area contributed by atoms with E-state index in [1.807, 2.05) is 0 Å². The van der Waals surface area contributed by atoms with Gasteiger partial charge >= 0.3 is 6.18 Å². The maximum atomic E-state index is 12.7. The third-order valence-electron chi connectivity index (χ3n) is 4.19. The van der Waals surface area contributed by atoms with Crippen molar-refractivity contribution in [2.75, 3.05) is 13.2 Å². The first-order chi connectivity index (χ1) is 13.7. The monoisotopic (exact) mass is 409 g/mol. The van der Waals surface area contributed by atoms with Gasteiger partial charge in [0, 0.05) is 36.0 Å². The molecule has 0 atom stereocenters. The van der Waals surface area contributed by atoms with Crippen molar-refractivity contribution in [1.29, 1.82) is 0 Å². The molecule has 29 heavy (non-hydrogen) atoms. The zero-order chi connectivity index (χ0) is 21.2. The van der Waals surface area contributed by atoms with Crippen LogP contribution in [0.5, 0.6) is 5.88 Å². The lowest BCUT2D eigenvalue weighted by Crippen LogP contribution is -2.26. The van der Waals surface area contributed by atoms with Crippen LogP contribution in [-0.4, -0.2) is 51.2 Å². The summed E-state index contributed by atoms with van der Waals surface area (Å²) in [6.07, 6.45) is -3.07. The SMILES string of the molecule is CCNC(=O)c1nccc2c1CN(Cc1cc(C)c(OCC(F)(F)F)nn1)C2=O. The third kappa shape index (κ3) is 4.61. The van der Waals surface area contributed by atoms with Crippen LogP contribution in [0, 0.1) is 6.92 Å². The molecule has 11 heteroatoms. The summed E-state index contributed by atoms with van der Waals surface area (Å²) in [6.45, 7) is 2.54. The van der Waals surface area contributed by atoms with E-state index in [1.54, 1.807) is 19.9 Å². The van der Waals surface area contributed by atoms with Gasteiger partial charge < -0.3 is 15.0 Å². The Balaban J connectivity index is 1.74. The van der Waals surface area contributed by atoms with E-state index in [0.29, 0.717) is 28.9 Å². The number of aromatic nitrogens is 3. The van der Waals surface area contributed by atoms with Crippen LogP contribution in [0.2, 0.25) is 0 Å². The highest BCUT2D eigenvalue weighted by atomic mass is 19.4. The first kappa shape index (κ1) is 20.5. The largest absolute Gasteiger partial charge is 0.467 e. The first-order valence-corrected chi connectivity index (χ1v) is 8.77. The summed E-state index contributed by atoms with van der Waals surface area (Å²) in [5.74, 6) is -0.865. The molecule has 3 heterocycles. The number of halogens is 3. The highest BCUT2D eigenvalue weighted by Gasteiger charge is 2.32. The van der Waals surface area contributed by atoms with Crippen LogP contribution in [0.15, 0.2) is 18.3 Å². The van der Waals surface area contributed by atoms with Gasteiger partial charge in [0.1, 0.15) is 5.69 Å². The molecule has 8 nitrogen and oxygen atoms in total. The van der Waals surface area contributed by atoms with Crippen molar-refractivity contribution in [3.05, 3.63) is 46.4 Å². The molecule has 0 aliphatic carbocycles. The second kappa shape index (κ2) is 8.02. The van der Waals surface area contributed by atoms with Gasteiger partial charge in [0.2, 0.25) is 5.88 Å². The number of hydrogen-bond donors (Lipinski definition) is 1. The highest BCUT2D eigenvalue weighted by molar-refractivity contribution is 6.03. The van der Waals surface area contributed by atoms with E-state index in [2.05, 4.69) is 25.2 Å². The van der Waals surface area contributed by atoms with Crippen LogP contribution < -0.4 is 10.1 Å². The number of nitrogens with zero attached hydrogens (tertiary/aromatic N) is 4. The van der Waals surface area contributed by atoms with Gasteiger partial charge in [-0.15, -0.1) is 10.2 Å². The quantitative estimate of drug-likeness (QED) is 0.784. The van der Waals surface area contributed by atoms with Crippen LogP contribution >= 0.6 is 0 Å². The summed E-state index contributed by atoms with van der Waals surface area (Å²) < 4.78 is 41.5. The molecule has 3 rings (SSSR count). The number of fused-ring (bicyclic) bond motifs is 1. The van der Waals surface area contributed by atoms with Crippen molar-refractivity contribution in [2.45, 2.75) is 33.1 Å². The molecule has 0 saturated heterocycles. The number of rotatable bonds is 6. The summed E-state index contributed by atoms with van der Waals surface area (Å²) >= 11 is 0. The average Bonchev–Trinajstić information content (AvgIpc) is 2.96. The van der Waals surface area contributed by atoms with E-state index in [4.69, 9.17) is 0 Å². The van der Waals surface area contributed by atoms with Gasteiger partial charge in [0.25, 0.3) is 11.8 Å². The number of aryl methyl sites for hydroxylation is 1. The summed E-state index contributed by atoms with van der Waals surface area (Å²) in [4.78, 5) is 30.4. The van der Waals surface area contributed by atoms with E-state index in [0.717, 1.165) is 0 Å². The number of carbonyl (C=O) groups is 2. The van der Waals surface area contributed by atoms with Gasteiger partial charge in [-0.1, -0.05) is 0 Å². The normalized spacial score (nSPS) is 13.4. The standard InChI is InChI=1S/C18H18F3N5O3/c1-3-22-15(27)14-13-8-26(17(28)12(13)4-5-23-14)7-11-6-10(2)16(25-24-11)29-9-18(19,20)21/h4-6H,3,7-9H2,1-2H3,(H,22,27). The minimum Gasteiger partial charge on any atom is -0.467 e. The Kier molecular flexibility index (Phi) is 5.66. The fraction of sp³-hybridized carbons (Fsp3) is 0.389. The second-order valence-electron chi connectivity index (χ2n) is 6.43. The Bertz CT molecular complexity index is 949. The predicted molar refractivity (Wildman–Crippen MR) is 94.1 cm³/mol. The average molecular weight is 409 g/mol. The van der Waals surface area contributed by atoms with Gasteiger partial charge in [-0.25, -0.2) is 0 Å². The van der Waals surface area contributed by atoms with Crippen molar-refractivity contribution in [1.82, 2.24) is 25.4 Å².